The van der Waals surface area contributed by atoms with Crippen LogP contribution in [0, 0.1) is 6.92 Å². The third-order valence-electron chi connectivity index (χ3n) is 5.61. The number of piperazine rings is 1. The molecular weight excluding hydrogens is 418 g/mol. The molecule has 0 saturated carbocycles. The zero-order chi connectivity index (χ0) is 24.2. The number of ether oxygens (including phenoxy) is 1. The van der Waals surface area contributed by atoms with Crippen molar-refractivity contribution in [2.24, 2.45) is 0 Å². The molecule has 1 saturated heterocycles. The number of benzene rings is 1. The van der Waals surface area contributed by atoms with E-state index < -0.39 is 5.60 Å². The molecule has 2 heterocycles. The molecule has 3 rings (SSSR count). The number of hydrogen-bond donors (Lipinski definition) is 1. The molecule has 0 spiro atoms. The molecule has 1 aromatic heterocycles. The van der Waals surface area contributed by atoms with Crippen LogP contribution in [0.2, 0.25) is 0 Å². The van der Waals surface area contributed by atoms with Gasteiger partial charge in [0.2, 0.25) is 0 Å². The number of carbonyl (C=O) groups excluding carboxylic acids is 2. The number of nitrogens with one attached hydrogen (secondary N) is 1. The predicted molar refractivity (Wildman–Crippen MR) is 129 cm³/mol. The highest BCUT2D eigenvalue weighted by atomic mass is 16.6. The van der Waals surface area contributed by atoms with Gasteiger partial charge in [0.15, 0.2) is 0 Å². The zero-order valence-corrected chi connectivity index (χ0v) is 20.7. The molecule has 1 N–H and O–H groups in total. The summed E-state index contributed by atoms with van der Waals surface area (Å²) in [4.78, 5) is 29.1. The van der Waals surface area contributed by atoms with Gasteiger partial charge in [-0.2, -0.15) is 5.10 Å². The van der Waals surface area contributed by atoms with E-state index in [9.17, 15) is 9.59 Å². The number of aromatic nitrogens is 2. The van der Waals surface area contributed by atoms with Gasteiger partial charge in [-0.1, -0.05) is 31.5 Å². The lowest BCUT2D eigenvalue weighted by Gasteiger charge is -2.35. The second-order valence-electron chi connectivity index (χ2n) is 9.91. The van der Waals surface area contributed by atoms with Crippen LogP contribution >= 0.6 is 0 Å². The van der Waals surface area contributed by atoms with E-state index in [2.05, 4.69) is 29.2 Å². The lowest BCUT2D eigenvalue weighted by Crippen LogP contribution is -2.51. The molecule has 0 unspecified atom stereocenters. The van der Waals surface area contributed by atoms with Crippen LogP contribution in [-0.2, 0) is 4.74 Å². The average Bonchev–Trinajstić information content (AvgIpc) is 3.19. The van der Waals surface area contributed by atoms with Gasteiger partial charge in [-0.3, -0.25) is 9.69 Å². The predicted octanol–water partition coefficient (Wildman–Crippen LogP) is 3.59. The smallest absolute Gasteiger partial charge is 0.410 e. The first kappa shape index (κ1) is 24.8. The van der Waals surface area contributed by atoms with E-state index in [4.69, 9.17) is 4.74 Å². The first-order valence-corrected chi connectivity index (χ1v) is 11.7. The van der Waals surface area contributed by atoms with Crippen LogP contribution in [0.1, 0.15) is 62.2 Å². The fraction of sp³-hybridized carbons (Fsp3) is 0.560. The first-order chi connectivity index (χ1) is 15.5. The molecule has 0 aliphatic carbocycles. The van der Waals surface area contributed by atoms with Crippen molar-refractivity contribution in [1.82, 2.24) is 24.9 Å². The van der Waals surface area contributed by atoms with Gasteiger partial charge in [-0.25, -0.2) is 9.48 Å². The molecular formula is C25H37N5O3. The van der Waals surface area contributed by atoms with Crippen molar-refractivity contribution in [3.63, 3.8) is 0 Å². The number of amides is 2. The maximum atomic E-state index is 12.9. The molecule has 1 aliphatic rings. The van der Waals surface area contributed by atoms with Crippen molar-refractivity contribution in [3.8, 4) is 5.69 Å². The minimum absolute atomic E-state index is 0.107. The second-order valence-corrected chi connectivity index (χ2v) is 9.91. The normalized spacial score (nSPS) is 15.1. The van der Waals surface area contributed by atoms with Gasteiger partial charge in [-0.05, 0) is 45.7 Å². The summed E-state index contributed by atoms with van der Waals surface area (Å²) in [7, 11) is 0. The average molecular weight is 456 g/mol. The van der Waals surface area contributed by atoms with Crippen LogP contribution in [0.4, 0.5) is 4.79 Å². The van der Waals surface area contributed by atoms with Gasteiger partial charge in [0, 0.05) is 39.3 Å². The summed E-state index contributed by atoms with van der Waals surface area (Å²) in [6.45, 7) is 15.9. The Bertz CT molecular complexity index is 951. The molecule has 1 fully saturated rings. The molecule has 8 nitrogen and oxygen atoms in total. The Morgan fingerprint density at radius 3 is 2.30 bits per heavy atom. The SMILES string of the molecule is Cc1ccc(-n2ncc(C(=O)NCCN3CCN(C(=O)OC(C)(C)C)CC3)c2C(C)C)cc1. The Hall–Kier alpha value is -2.87. The summed E-state index contributed by atoms with van der Waals surface area (Å²) in [6, 6.07) is 8.13. The standard InChI is InChI=1S/C25H37N5O3/c1-18(2)22-21(17-27-30(22)20-9-7-19(3)8-10-20)23(31)26-11-12-28-13-15-29(16-14-28)24(32)33-25(4,5)6/h7-10,17-18H,11-16H2,1-6H3,(H,26,31). The minimum Gasteiger partial charge on any atom is -0.444 e. The van der Waals surface area contributed by atoms with E-state index in [-0.39, 0.29) is 17.9 Å². The van der Waals surface area contributed by atoms with Crippen LogP contribution in [0.3, 0.4) is 0 Å². The second kappa shape index (κ2) is 10.4. The highest BCUT2D eigenvalue weighted by Gasteiger charge is 2.26. The van der Waals surface area contributed by atoms with E-state index in [0.717, 1.165) is 31.0 Å². The van der Waals surface area contributed by atoms with Gasteiger partial charge in [0.05, 0.1) is 23.1 Å². The highest BCUT2D eigenvalue weighted by molar-refractivity contribution is 5.95. The molecule has 2 amide bonds. The van der Waals surface area contributed by atoms with Gasteiger partial charge < -0.3 is 15.0 Å². The van der Waals surface area contributed by atoms with E-state index in [1.54, 1.807) is 11.1 Å². The molecule has 8 heteroatoms. The molecule has 0 atom stereocenters. The maximum absolute atomic E-state index is 12.9. The summed E-state index contributed by atoms with van der Waals surface area (Å²) in [5, 5.41) is 7.54. The number of hydrogen-bond acceptors (Lipinski definition) is 5. The quantitative estimate of drug-likeness (QED) is 0.720. The van der Waals surface area contributed by atoms with Crippen molar-refractivity contribution in [2.45, 2.75) is 53.1 Å². The number of rotatable bonds is 6. The third kappa shape index (κ3) is 6.57. The van der Waals surface area contributed by atoms with E-state index in [1.807, 2.05) is 56.6 Å². The molecule has 1 aromatic carbocycles. The summed E-state index contributed by atoms with van der Waals surface area (Å²) in [5.74, 6) is 0.0416. The van der Waals surface area contributed by atoms with E-state index >= 15 is 0 Å². The fourth-order valence-electron chi connectivity index (χ4n) is 3.88. The Morgan fingerprint density at radius 2 is 1.73 bits per heavy atom. The molecule has 0 bridgehead atoms. The maximum Gasteiger partial charge on any atom is 0.410 e. The molecule has 1 aliphatic heterocycles. The van der Waals surface area contributed by atoms with E-state index in [1.165, 1.54) is 5.56 Å². The monoisotopic (exact) mass is 455 g/mol. The Balaban J connectivity index is 1.53. The molecule has 0 radical (unpaired) electrons. The van der Waals surface area contributed by atoms with Crippen molar-refractivity contribution in [2.75, 3.05) is 39.3 Å². The number of aryl methyl sites for hydroxylation is 1. The van der Waals surface area contributed by atoms with Crippen molar-refractivity contribution in [3.05, 3.63) is 47.3 Å². The lowest BCUT2D eigenvalue weighted by molar-refractivity contribution is 0.0147. The van der Waals surface area contributed by atoms with Crippen LogP contribution in [0.15, 0.2) is 30.5 Å². The van der Waals surface area contributed by atoms with Crippen molar-refractivity contribution < 1.29 is 14.3 Å². The summed E-state index contributed by atoms with van der Waals surface area (Å²) < 4.78 is 7.30. The van der Waals surface area contributed by atoms with Crippen LogP contribution in [0.5, 0.6) is 0 Å². The Morgan fingerprint density at radius 1 is 1.09 bits per heavy atom. The van der Waals surface area contributed by atoms with Crippen LogP contribution in [-0.4, -0.2) is 76.5 Å². The Labute approximate surface area is 196 Å². The first-order valence-electron chi connectivity index (χ1n) is 11.7. The van der Waals surface area contributed by atoms with Gasteiger partial charge in [0.25, 0.3) is 5.91 Å². The molecule has 2 aromatic rings. The summed E-state index contributed by atoms with van der Waals surface area (Å²) in [6.07, 6.45) is 1.40. The van der Waals surface area contributed by atoms with E-state index in [0.29, 0.717) is 25.2 Å². The number of nitrogens with zero attached hydrogens (tertiary/aromatic N) is 4. The molecule has 33 heavy (non-hydrogen) atoms. The largest absolute Gasteiger partial charge is 0.444 e. The number of carbonyl (C=O) groups is 2. The van der Waals surface area contributed by atoms with Crippen LogP contribution < -0.4 is 5.32 Å². The van der Waals surface area contributed by atoms with Crippen molar-refractivity contribution in [1.29, 1.82) is 0 Å². The van der Waals surface area contributed by atoms with Gasteiger partial charge in [-0.15, -0.1) is 0 Å². The fourth-order valence-corrected chi connectivity index (χ4v) is 3.88. The lowest BCUT2D eigenvalue weighted by atomic mass is 10.0. The molecule has 180 valence electrons. The highest BCUT2D eigenvalue weighted by Crippen LogP contribution is 2.23. The summed E-state index contributed by atoms with van der Waals surface area (Å²) in [5.41, 5.74) is 3.16. The zero-order valence-electron chi connectivity index (χ0n) is 20.7. The van der Waals surface area contributed by atoms with Crippen LogP contribution in [0.25, 0.3) is 5.69 Å². The van der Waals surface area contributed by atoms with Gasteiger partial charge in [0.1, 0.15) is 5.60 Å². The van der Waals surface area contributed by atoms with Gasteiger partial charge >= 0.3 is 6.09 Å². The minimum atomic E-state index is -0.486. The third-order valence-corrected chi connectivity index (χ3v) is 5.61. The Kier molecular flexibility index (Phi) is 7.79. The summed E-state index contributed by atoms with van der Waals surface area (Å²) >= 11 is 0. The topological polar surface area (TPSA) is 79.7 Å². The van der Waals surface area contributed by atoms with Crippen molar-refractivity contribution >= 4 is 12.0 Å².